The Morgan fingerprint density at radius 1 is 1.00 bits per heavy atom. The summed E-state index contributed by atoms with van der Waals surface area (Å²) in [6, 6.07) is 21.2. The summed E-state index contributed by atoms with van der Waals surface area (Å²) in [4.78, 5) is 2.51. The molecule has 3 nitrogen and oxygen atoms in total. The smallest absolute Gasteiger partial charge is 0.180 e. The lowest BCUT2D eigenvalue weighted by molar-refractivity contribution is -0.288. The van der Waals surface area contributed by atoms with Crippen molar-refractivity contribution in [1.29, 1.82) is 0 Å². The second kappa shape index (κ2) is 7.69. The van der Waals surface area contributed by atoms with Crippen LogP contribution in [0.25, 0.3) is 0 Å². The molecule has 3 rings (SSSR count). The summed E-state index contributed by atoms with van der Waals surface area (Å²) < 4.78 is 12.7. The van der Waals surface area contributed by atoms with Crippen LogP contribution in [0.5, 0.6) is 0 Å². The van der Waals surface area contributed by atoms with Gasteiger partial charge in [-0.2, -0.15) is 0 Å². The Morgan fingerprint density at radius 3 is 2.20 bits per heavy atom. The van der Waals surface area contributed by atoms with Crippen molar-refractivity contribution in [2.45, 2.75) is 58.3 Å². The minimum atomic E-state index is -0.323. The SMILES string of the molecule is CCN1C(C)C(C)O[C@H](OCc2ccccc2)[C@]1(C)c1ccccc1. The predicted octanol–water partition coefficient (Wildman–Crippen LogP) is 4.57. The molecular weight excluding hydrogens is 310 g/mol. The van der Waals surface area contributed by atoms with Crippen LogP contribution in [-0.4, -0.2) is 29.9 Å². The van der Waals surface area contributed by atoms with E-state index in [-0.39, 0.29) is 17.9 Å². The van der Waals surface area contributed by atoms with E-state index in [1.54, 1.807) is 0 Å². The molecule has 0 aliphatic carbocycles. The van der Waals surface area contributed by atoms with Gasteiger partial charge in [0, 0.05) is 6.04 Å². The maximum Gasteiger partial charge on any atom is 0.180 e. The van der Waals surface area contributed by atoms with E-state index in [2.05, 4.69) is 75.1 Å². The average molecular weight is 339 g/mol. The molecule has 1 saturated heterocycles. The van der Waals surface area contributed by atoms with Crippen molar-refractivity contribution in [1.82, 2.24) is 4.90 Å². The summed E-state index contributed by atoms with van der Waals surface area (Å²) in [6.45, 7) is 10.3. The van der Waals surface area contributed by atoms with E-state index in [0.29, 0.717) is 12.6 Å². The lowest BCUT2D eigenvalue weighted by Crippen LogP contribution is -2.64. The summed E-state index contributed by atoms with van der Waals surface area (Å²) in [6.07, 6.45) is -0.196. The van der Waals surface area contributed by atoms with Gasteiger partial charge in [-0.3, -0.25) is 4.90 Å². The molecule has 0 spiro atoms. The van der Waals surface area contributed by atoms with Crippen LogP contribution in [0.3, 0.4) is 0 Å². The monoisotopic (exact) mass is 339 g/mol. The molecule has 0 bridgehead atoms. The normalized spacial score (nSPS) is 30.3. The molecule has 1 heterocycles. The van der Waals surface area contributed by atoms with E-state index in [0.717, 1.165) is 12.1 Å². The number of ether oxygens (including phenoxy) is 2. The zero-order chi connectivity index (χ0) is 17.9. The molecule has 3 heteroatoms. The van der Waals surface area contributed by atoms with Gasteiger partial charge in [0.15, 0.2) is 6.29 Å². The molecule has 1 aliphatic heterocycles. The molecule has 2 aromatic rings. The van der Waals surface area contributed by atoms with Crippen molar-refractivity contribution in [2.24, 2.45) is 0 Å². The summed E-state index contributed by atoms with van der Waals surface area (Å²) in [5, 5.41) is 0. The first-order valence-corrected chi connectivity index (χ1v) is 9.20. The van der Waals surface area contributed by atoms with Crippen LogP contribution in [-0.2, 0) is 21.6 Å². The quantitative estimate of drug-likeness (QED) is 0.796. The molecule has 0 saturated carbocycles. The fourth-order valence-electron chi connectivity index (χ4n) is 3.89. The van der Waals surface area contributed by atoms with Crippen LogP contribution in [0.2, 0.25) is 0 Å². The predicted molar refractivity (Wildman–Crippen MR) is 101 cm³/mol. The molecule has 2 unspecified atom stereocenters. The molecule has 1 aliphatic rings. The molecule has 2 aromatic carbocycles. The molecule has 4 atom stereocenters. The van der Waals surface area contributed by atoms with Gasteiger partial charge in [-0.05, 0) is 38.4 Å². The van der Waals surface area contributed by atoms with E-state index < -0.39 is 0 Å². The van der Waals surface area contributed by atoms with Crippen molar-refractivity contribution in [2.75, 3.05) is 6.54 Å². The zero-order valence-electron chi connectivity index (χ0n) is 15.7. The topological polar surface area (TPSA) is 21.7 Å². The van der Waals surface area contributed by atoms with E-state index >= 15 is 0 Å². The lowest BCUT2D eigenvalue weighted by atomic mass is 9.85. The number of rotatable bonds is 5. The van der Waals surface area contributed by atoms with Gasteiger partial charge < -0.3 is 9.47 Å². The van der Waals surface area contributed by atoms with Gasteiger partial charge >= 0.3 is 0 Å². The molecule has 0 aromatic heterocycles. The highest BCUT2D eigenvalue weighted by atomic mass is 16.7. The van der Waals surface area contributed by atoms with Crippen molar-refractivity contribution in [3.05, 3.63) is 71.8 Å². The van der Waals surface area contributed by atoms with Crippen molar-refractivity contribution in [3.8, 4) is 0 Å². The van der Waals surface area contributed by atoms with Crippen molar-refractivity contribution in [3.63, 3.8) is 0 Å². The van der Waals surface area contributed by atoms with Crippen LogP contribution in [0.4, 0.5) is 0 Å². The van der Waals surface area contributed by atoms with Gasteiger partial charge in [0.2, 0.25) is 0 Å². The highest BCUT2D eigenvalue weighted by Crippen LogP contribution is 2.41. The summed E-state index contributed by atoms with van der Waals surface area (Å²) in [5.74, 6) is 0. The van der Waals surface area contributed by atoms with Crippen LogP contribution < -0.4 is 0 Å². The molecular formula is C22H29NO2. The standard InChI is InChI=1S/C22H29NO2/c1-5-23-17(2)18(3)25-21(24-16-19-12-8-6-9-13-19)22(23,4)20-14-10-7-11-15-20/h6-15,17-18,21H,5,16H2,1-4H3/t17?,18?,21-,22-/m0/s1. The zero-order valence-corrected chi connectivity index (χ0v) is 15.7. The number of hydrogen-bond donors (Lipinski definition) is 0. The number of nitrogens with zero attached hydrogens (tertiary/aromatic N) is 1. The van der Waals surface area contributed by atoms with E-state index in [1.165, 1.54) is 5.56 Å². The Kier molecular flexibility index (Phi) is 5.57. The largest absolute Gasteiger partial charge is 0.346 e. The van der Waals surface area contributed by atoms with Gasteiger partial charge in [0.1, 0.15) is 0 Å². The minimum Gasteiger partial charge on any atom is -0.346 e. The summed E-state index contributed by atoms with van der Waals surface area (Å²) in [5.41, 5.74) is 2.07. The Labute approximate surface area is 151 Å². The number of likely N-dealkylation sites (N-methyl/N-ethyl adjacent to an activating group) is 1. The van der Waals surface area contributed by atoms with Crippen molar-refractivity contribution >= 4 is 0 Å². The Hall–Kier alpha value is -1.68. The van der Waals surface area contributed by atoms with Gasteiger partial charge in [-0.15, -0.1) is 0 Å². The maximum atomic E-state index is 6.36. The van der Waals surface area contributed by atoms with E-state index in [1.807, 2.05) is 18.2 Å². The molecule has 1 fully saturated rings. The molecule has 0 radical (unpaired) electrons. The molecule has 134 valence electrons. The first kappa shape index (κ1) is 18.1. The van der Waals surface area contributed by atoms with Gasteiger partial charge in [0.05, 0.1) is 18.2 Å². The second-order valence-electron chi connectivity index (χ2n) is 7.01. The fraction of sp³-hybridized carbons (Fsp3) is 0.455. The minimum absolute atomic E-state index is 0.123. The third-order valence-corrected chi connectivity index (χ3v) is 5.51. The fourth-order valence-corrected chi connectivity index (χ4v) is 3.89. The molecule has 0 amide bonds. The van der Waals surface area contributed by atoms with Crippen LogP contribution in [0, 0.1) is 0 Å². The summed E-state index contributed by atoms with van der Waals surface area (Å²) >= 11 is 0. The highest BCUT2D eigenvalue weighted by molar-refractivity contribution is 5.26. The average Bonchev–Trinajstić information content (AvgIpc) is 2.65. The van der Waals surface area contributed by atoms with Crippen molar-refractivity contribution < 1.29 is 9.47 Å². The Balaban J connectivity index is 1.92. The third-order valence-electron chi connectivity index (χ3n) is 5.51. The van der Waals surface area contributed by atoms with E-state index in [9.17, 15) is 0 Å². The second-order valence-corrected chi connectivity index (χ2v) is 7.01. The molecule has 0 N–H and O–H groups in total. The first-order chi connectivity index (χ1) is 12.1. The van der Waals surface area contributed by atoms with Crippen LogP contribution in [0.15, 0.2) is 60.7 Å². The number of morpholine rings is 1. The van der Waals surface area contributed by atoms with Crippen LogP contribution >= 0.6 is 0 Å². The van der Waals surface area contributed by atoms with Gasteiger partial charge in [-0.1, -0.05) is 67.6 Å². The van der Waals surface area contributed by atoms with Gasteiger partial charge in [0.25, 0.3) is 0 Å². The summed E-state index contributed by atoms with van der Waals surface area (Å²) in [7, 11) is 0. The number of hydrogen-bond acceptors (Lipinski definition) is 3. The van der Waals surface area contributed by atoms with E-state index in [4.69, 9.17) is 9.47 Å². The highest BCUT2D eigenvalue weighted by Gasteiger charge is 2.50. The lowest BCUT2D eigenvalue weighted by Gasteiger charge is -2.54. The first-order valence-electron chi connectivity index (χ1n) is 9.20. The third kappa shape index (κ3) is 3.50. The number of benzene rings is 2. The Bertz CT molecular complexity index is 660. The van der Waals surface area contributed by atoms with Gasteiger partial charge in [-0.25, -0.2) is 0 Å². The molecule has 25 heavy (non-hydrogen) atoms. The Morgan fingerprint density at radius 2 is 1.60 bits per heavy atom. The maximum absolute atomic E-state index is 6.36. The van der Waals surface area contributed by atoms with Crippen LogP contribution in [0.1, 0.15) is 38.8 Å².